The third kappa shape index (κ3) is 3.21. The highest BCUT2D eigenvalue weighted by Gasteiger charge is 2.31. The van der Waals surface area contributed by atoms with Gasteiger partial charge in [0.2, 0.25) is 0 Å². The molecule has 1 heterocycles. The van der Waals surface area contributed by atoms with Crippen molar-refractivity contribution in [2.24, 2.45) is 0 Å². The number of benzene rings is 2. The Bertz CT molecular complexity index is 1230. The molecule has 0 unspecified atom stereocenters. The number of rotatable bonds is 6. The molecule has 1 amide bonds. The second-order valence-corrected chi connectivity index (χ2v) is 6.08. The lowest BCUT2D eigenvalue weighted by Gasteiger charge is -2.08. The third-order valence-electron chi connectivity index (χ3n) is 4.48. The van der Waals surface area contributed by atoms with Crippen molar-refractivity contribution in [1.29, 1.82) is 0 Å². The standard InChI is InChI=1S/C17H15N5O8/c1-3-19-12-6-5-11(18-17(23)30-4-2)16(22(28)29)14(12)10-7-9(20(24)25)8-13(15(10)19)21(26)27/h5-8H,3-4H2,1-2H3,(H,18,23). The number of nitrogens with one attached hydrogen (secondary N) is 1. The van der Waals surface area contributed by atoms with Crippen molar-refractivity contribution >= 4 is 50.6 Å². The van der Waals surface area contributed by atoms with Crippen molar-refractivity contribution in [1.82, 2.24) is 4.57 Å². The van der Waals surface area contributed by atoms with E-state index in [9.17, 15) is 35.1 Å². The van der Waals surface area contributed by atoms with E-state index >= 15 is 0 Å². The molecule has 0 aliphatic rings. The van der Waals surface area contributed by atoms with E-state index in [0.717, 1.165) is 12.1 Å². The molecule has 0 bridgehead atoms. The van der Waals surface area contributed by atoms with Gasteiger partial charge in [0.05, 0.1) is 38.3 Å². The van der Waals surface area contributed by atoms with Crippen LogP contribution in [0.4, 0.5) is 27.5 Å². The summed E-state index contributed by atoms with van der Waals surface area (Å²) in [5.74, 6) is 0. The molecule has 156 valence electrons. The minimum absolute atomic E-state index is 0.0134. The zero-order chi connectivity index (χ0) is 22.2. The highest BCUT2D eigenvalue weighted by Crippen LogP contribution is 2.44. The van der Waals surface area contributed by atoms with Crippen LogP contribution in [-0.4, -0.2) is 32.0 Å². The summed E-state index contributed by atoms with van der Waals surface area (Å²) in [5, 5.41) is 37.0. The normalized spacial score (nSPS) is 10.9. The summed E-state index contributed by atoms with van der Waals surface area (Å²) < 4.78 is 6.22. The molecule has 0 fully saturated rings. The Morgan fingerprint density at radius 1 is 1.07 bits per heavy atom. The number of ether oxygens (including phenoxy) is 1. The van der Waals surface area contributed by atoms with E-state index < -0.39 is 37.9 Å². The summed E-state index contributed by atoms with van der Waals surface area (Å²) in [7, 11) is 0. The Balaban J connectivity index is 2.51. The first kappa shape index (κ1) is 20.4. The molecule has 0 saturated heterocycles. The van der Waals surface area contributed by atoms with Crippen LogP contribution in [0.3, 0.4) is 0 Å². The molecule has 0 radical (unpaired) electrons. The summed E-state index contributed by atoms with van der Waals surface area (Å²) >= 11 is 0. The van der Waals surface area contributed by atoms with Crippen molar-refractivity contribution in [2.75, 3.05) is 11.9 Å². The van der Waals surface area contributed by atoms with Gasteiger partial charge in [0.25, 0.3) is 11.4 Å². The van der Waals surface area contributed by atoms with Gasteiger partial charge < -0.3 is 9.30 Å². The molecule has 30 heavy (non-hydrogen) atoms. The van der Waals surface area contributed by atoms with Crippen molar-refractivity contribution in [3.05, 3.63) is 54.6 Å². The minimum atomic E-state index is -0.920. The van der Waals surface area contributed by atoms with Gasteiger partial charge in [-0.3, -0.25) is 35.7 Å². The Morgan fingerprint density at radius 2 is 1.77 bits per heavy atom. The monoisotopic (exact) mass is 417 g/mol. The number of carbonyl (C=O) groups is 1. The lowest BCUT2D eigenvalue weighted by atomic mass is 10.1. The second kappa shape index (κ2) is 7.62. The quantitative estimate of drug-likeness (QED) is 0.460. The molecule has 2 aromatic carbocycles. The van der Waals surface area contributed by atoms with E-state index in [4.69, 9.17) is 4.74 Å². The summed E-state index contributed by atoms with van der Waals surface area (Å²) in [4.78, 5) is 44.2. The Morgan fingerprint density at radius 3 is 2.30 bits per heavy atom. The summed E-state index contributed by atoms with van der Waals surface area (Å²) in [6.07, 6.45) is -0.920. The number of carbonyl (C=O) groups excluding carboxylic acids is 1. The van der Waals surface area contributed by atoms with Crippen LogP contribution in [0.15, 0.2) is 24.3 Å². The van der Waals surface area contributed by atoms with Crippen molar-refractivity contribution in [3.8, 4) is 0 Å². The van der Waals surface area contributed by atoms with Crippen LogP contribution in [0.2, 0.25) is 0 Å². The van der Waals surface area contributed by atoms with Gasteiger partial charge in [0.15, 0.2) is 0 Å². The minimum Gasteiger partial charge on any atom is -0.450 e. The maximum absolute atomic E-state index is 11.9. The number of fused-ring (bicyclic) bond motifs is 3. The molecule has 1 N–H and O–H groups in total. The molecule has 3 aromatic rings. The summed E-state index contributed by atoms with van der Waals surface area (Å²) in [6, 6.07) is 4.60. The molecular weight excluding hydrogens is 402 g/mol. The Kier molecular flexibility index (Phi) is 5.19. The Hall–Kier alpha value is -4.29. The van der Waals surface area contributed by atoms with Gasteiger partial charge in [0.1, 0.15) is 11.2 Å². The van der Waals surface area contributed by atoms with E-state index in [0.29, 0.717) is 0 Å². The number of aromatic nitrogens is 1. The number of aryl methyl sites for hydroxylation is 1. The predicted molar refractivity (Wildman–Crippen MR) is 106 cm³/mol. The van der Waals surface area contributed by atoms with E-state index in [2.05, 4.69) is 5.32 Å². The zero-order valence-electron chi connectivity index (χ0n) is 15.8. The zero-order valence-corrected chi connectivity index (χ0v) is 15.8. The van der Waals surface area contributed by atoms with E-state index in [1.54, 1.807) is 13.8 Å². The third-order valence-corrected chi connectivity index (χ3v) is 4.48. The lowest BCUT2D eigenvalue weighted by molar-refractivity contribution is -0.393. The van der Waals surface area contributed by atoms with Gasteiger partial charge in [-0.15, -0.1) is 0 Å². The first-order chi connectivity index (χ1) is 14.2. The fraction of sp³-hybridized carbons (Fsp3) is 0.235. The number of hydrogen-bond acceptors (Lipinski definition) is 8. The fourth-order valence-electron chi connectivity index (χ4n) is 3.41. The number of non-ortho nitro benzene ring substituents is 2. The summed E-state index contributed by atoms with van der Waals surface area (Å²) in [6.45, 7) is 3.49. The lowest BCUT2D eigenvalue weighted by Crippen LogP contribution is -2.14. The average molecular weight is 417 g/mol. The number of hydrogen-bond donors (Lipinski definition) is 1. The van der Waals surface area contributed by atoms with E-state index in [-0.39, 0.29) is 40.6 Å². The van der Waals surface area contributed by atoms with Crippen LogP contribution >= 0.6 is 0 Å². The van der Waals surface area contributed by atoms with Gasteiger partial charge in [-0.1, -0.05) is 0 Å². The van der Waals surface area contributed by atoms with Crippen molar-refractivity contribution < 1.29 is 24.3 Å². The van der Waals surface area contributed by atoms with E-state index in [1.165, 1.54) is 16.7 Å². The number of anilines is 1. The van der Waals surface area contributed by atoms with Crippen LogP contribution in [0.5, 0.6) is 0 Å². The van der Waals surface area contributed by atoms with Gasteiger partial charge in [-0.25, -0.2) is 4.79 Å². The van der Waals surface area contributed by atoms with Crippen LogP contribution in [0.25, 0.3) is 21.8 Å². The molecule has 0 aliphatic heterocycles. The van der Waals surface area contributed by atoms with Gasteiger partial charge in [0, 0.05) is 18.0 Å². The molecule has 13 nitrogen and oxygen atoms in total. The molecule has 13 heteroatoms. The largest absolute Gasteiger partial charge is 0.450 e. The van der Waals surface area contributed by atoms with Crippen LogP contribution in [0.1, 0.15) is 13.8 Å². The molecule has 0 saturated carbocycles. The topological polar surface area (TPSA) is 173 Å². The number of nitro groups is 3. The smallest absolute Gasteiger partial charge is 0.411 e. The first-order valence-electron chi connectivity index (χ1n) is 8.71. The van der Waals surface area contributed by atoms with Crippen LogP contribution in [0, 0.1) is 30.3 Å². The molecule has 0 atom stereocenters. The molecule has 1 aromatic heterocycles. The molecule has 3 rings (SSSR count). The number of amides is 1. The Labute approximate surface area is 167 Å². The van der Waals surface area contributed by atoms with E-state index in [1.807, 2.05) is 0 Å². The van der Waals surface area contributed by atoms with Gasteiger partial charge in [-0.2, -0.15) is 0 Å². The average Bonchev–Trinajstić information content (AvgIpc) is 3.00. The highest BCUT2D eigenvalue weighted by molar-refractivity contribution is 6.18. The predicted octanol–water partition coefficient (Wildman–Crippen LogP) is 4.11. The maximum atomic E-state index is 11.9. The molecule has 0 spiro atoms. The van der Waals surface area contributed by atoms with Crippen LogP contribution in [-0.2, 0) is 11.3 Å². The SMILES string of the molecule is CCOC(=O)Nc1ccc2c(c1[N+](=O)[O-])c1cc([N+](=O)[O-])cc([N+](=O)[O-])c1n2CC. The fourth-order valence-corrected chi connectivity index (χ4v) is 3.41. The van der Waals surface area contributed by atoms with Crippen LogP contribution < -0.4 is 5.32 Å². The second-order valence-electron chi connectivity index (χ2n) is 6.08. The number of nitro benzene ring substituents is 3. The first-order valence-corrected chi connectivity index (χ1v) is 8.71. The van der Waals surface area contributed by atoms with Crippen molar-refractivity contribution in [3.63, 3.8) is 0 Å². The molecular formula is C17H15N5O8. The maximum Gasteiger partial charge on any atom is 0.411 e. The van der Waals surface area contributed by atoms with Crippen molar-refractivity contribution in [2.45, 2.75) is 20.4 Å². The summed E-state index contributed by atoms with van der Waals surface area (Å²) in [5.41, 5.74) is -1.60. The van der Waals surface area contributed by atoms with Gasteiger partial charge in [-0.05, 0) is 26.0 Å². The van der Waals surface area contributed by atoms with Gasteiger partial charge >= 0.3 is 11.8 Å². The number of nitrogens with zero attached hydrogens (tertiary/aromatic N) is 4. The highest BCUT2D eigenvalue weighted by atomic mass is 16.6. The molecule has 0 aliphatic carbocycles.